The molecule has 0 spiro atoms. The molecule has 1 aliphatic rings. The van der Waals surface area contributed by atoms with Gasteiger partial charge >= 0.3 is 0 Å². The topological polar surface area (TPSA) is 49.3 Å². The number of benzene rings is 2. The Morgan fingerprint density at radius 1 is 1.00 bits per heavy atom. The van der Waals surface area contributed by atoms with Crippen LogP contribution in [0, 0.1) is 6.92 Å². The van der Waals surface area contributed by atoms with Crippen LogP contribution in [0.3, 0.4) is 0 Å². The molecule has 4 rings (SSSR count). The summed E-state index contributed by atoms with van der Waals surface area (Å²) in [5, 5.41) is 0.937. The van der Waals surface area contributed by atoms with E-state index < -0.39 is 0 Å². The minimum absolute atomic E-state index is 0.237. The van der Waals surface area contributed by atoms with Crippen molar-refractivity contribution in [3.8, 4) is 11.4 Å². The van der Waals surface area contributed by atoms with Crippen molar-refractivity contribution < 1.29 is 4.79 Å². The van der Waals surface area contributed by atoms with E-state index in [9.17, 15) is 4.79 Å². The normalized spacial score (nSPS) is 14.3. The molecule has 1 aromatic heterocycles. The number of amides is 1. The largest absolute Gasteiger partial charge is 0.343 e. The second-order valence-corrected chi connectivity index (χ2v) is 7.85. The molecule has 28 heavy (non-hydrogen) atoms. The van der Waals surface area contributed by atoms with Crippen molar-refractivity contribution >= 4 is 22.6 Å². The Bertz CT molecular complexity index is 915. The van der Waals surface area contributed by atoms with Gasteiger partial charge in [0.15, 0.2) is 5.82 Å². The van der Waals surface area contributed by atoms with Crippen LogP contribution in [0.4, 0.5) is 5.13 Å². The summed E-state index contributed by atoms with van der Waals surface area (Å²) >= 11 is 1.43. The number of nitrogens with zero attached hydrogens (tertiary/aromatic N) is 4. The highest BCUT2D eigenvalue weighted by Gasteiger charge is 2.23. The van der Waals surface area contributed by atoms with E-state index in [0.717, 1.165) is 49.1 Å². The van der Waals surface area contributed by atoms with Gasteiger partial charge in [0, 0.05) is 49.7 Å². The highest BCUT2D eigenvalue weighted by molar-refractivity contribution is 7.09. The van der Waals surface area contributed by atoms with Gasteiger partial charge in [-0.1, -0.05) is 60.2 Å². The first kappa shape index (κ1) is 18.6. The van der Waals surface area contributed by atoms with Gasteiger partial charge in [0.2, 0.25) is 11.0 Å². The molecule has 0 aliphatic carbocycles. The maximum absolute atomic E-state index is 12.5. The SMILES string of the molecule is Cc1ccc(-c2nsc(N3CCN(C(=O)CCc4ccccc4)CC3)n2)cc1. The van der Waals surface area contributed by atoms with E-state index in [1.807, 2.05) is 23.1 Å². The molecule has 3 aromatic rings. The van der Waals surface area contributed by atoms with Gasteiger partial charge in [0.25, 0.3) is 0 Å². The molecule has 0 saturated carbocycles. The third-order valence-electron chi connectivity index (χ3n) is 5.10. The molecule has 2 heterocycles. The molecule has 0 atom stereocenters. The third kappa shape index (κ3) is 4.39. The fraction of sp³-hybridized carbons (Fsp3) is 0.318. The fourth-order valence-electron chi connectivity index (χ4n) is 3.37. The summed E-state index contributed by atoms with van der Waals surface area (Å²) in [5.74, 6) is 1.02. The van der Waals surface area contributed by atoms with Crippen LogP contribution in [0.1, 0.15) is 17.5 Å². The third-order valence-corrected chi connectivity index (χ3v) is 5.88. The summed E-state index contributed by atoms with van der Waals surface area (Å²) in [4.78, 5) is 21.4. The number of carbonyl (C=O) groups is 1. The van der Waals surface area contributed by atoms with Gasteiger partial charge in [0.05, 0.1) is 0 Å². The van der Waals surface area contributed by atoms with Gasteiger partial charge in [0.1, 0.15) is 0 Å². The first-order valence-electron chi connectivity index (χ1n) is 9.66. The van der Waals surface area contributed by atoms with Crippen LogP contribution in [0.15, 0.2) is 54.6 Å². The molecular weight excluding hydrogens is 368 g/mol. The highest BCUT2D eigenvalue weighted by atomic mass is 32.1. The van der Waals surface area contributed by atoms with Crippen molar-refractivity contribution in [2.45, 2.75) is 19.8 Å². The van der Waals surface area contributed by atoms with E-state index >= 15 is 0 Å². The predicted octanol–water partition coefficient (Wildman–Crippen LogP) is 3.79. The van der Waals surface area contributed by atoms with Crippen LogP contribution in [-0.2, 0) is 11.2 Å². The molecule has 2 aromatic carbocycles. The minimum atomic E-state index is 0.237. The Labute approximate surface area is 169 Å². The van der Waals surface area contributed by atoms with E-state index in [0.29, 0.717) is 6.42 Å². The number of aryl methyl sites for hydroxylation is 2. The standard InChI is InChI=1S/C22H24N4OS/c1-17-7-10-19(11-8-17)21-23-22(28-24-21)26-15-13-25(14-16-26)20(27)12-9-18-5-3-2-4-6-18/h2-8,10-11H,9,12-16H2,1H3. The van der Waals surface area contributed by atoms with Gasteiger partial charge in [-0.25, -0.2) is 0 Å². The van der Waals surface area contributed by atoms with E-state index in [2.05, 4.69) is 52.6 Å². The summed E-state index contributed by atoms with van der Waals surface area (Å²) in [6.45, 7) is 5.17. The van der Waals surface area contributed by atoms with Crippen LogP contribution >= 0.6 is 11.5 Å². The smallest absolute Gasteiger partial charge is 0.223 e. The number of rotatable bonds is 5. The Morgan fingerprint density at radius 3 is 2.43 bits per heavy atom. The first-order chi connectivity index (χ1) is 13.7. The molecule has 0 N–H and O–H groups in total. The number of piperazine rings is 1. The van der Waals surface area contributed by atoms with Crippen LogP contribution in [0.5, 0.6) is 0 Å². The first-order valence-corrected chi connectivity index (χ1v) is 10.4. The van der Waals surface area contributed by atoms with E-state index in [4.69, 9.17) is 4.98 Å². The molecule has 1 fully saturated rings. The summed E-state index contributed by atoms with van der Waals surface area (Å²) in [6, 6.07) is 18.5. The molecule has 6 heteroatoms. The number of aromatic nitrogens is 2. The number of hydrogen-bond acceptors (Lipinski definition) is 5. The van der Waals surface area contributed by atoms with Crippen molar-refractivity contribution in [1.82, 2.24) is 14.3 Å². The van der Waals surface area contributed by atoms with Crippen LogP contribution in [-0.4, -0.2) is 46.3 Å². The second kappa shape index (κ2) is 8.52. The molecule has 1 amide bonds. The van der Waals surface area contributed by atoms with Gasteiger partial charge in [-0.3, -0.25) is 4.79 Å². The average molecular weight is 393 g/mol. The van der Waals surface area contributed by atoms with Gasteiger partial charge in [-0.2, -0.15) is 9.36 Å². The number of hydrogen-bond donors (Lipinski definition) is 0. The summed E-state index contributed by atoms with van der Waals surface area (Å²) < 4.78 is 4.52. The van der Waals surface area contributed by atoms with Crippen LogP contribution in [0.2, 0.25) is 0 Å². The zero-order valence-corrected chi connectivity index (χ0v) is 16.9. The van der Waals surface area contributed by atoms with Crippen molar-refractivity contribution in [2.24, 2.45) is 0 Å². The molecular formula is C22H24N4OS. The monoisotopic (exact) mass is 392 g/mol. The van der Waals surface area contributed by atoms with E-state index in [-0.39, 0.29) is 5.91 Å². The Morgan fingerprint density at radius 2 is 1.71 bits per heavy atom. The lowest BCUT2D eigenvalue weighted by Crippen LogP contribution is -2.48. The molecule has 0 radical (unpaired) electrons. The lowest BCUT2D eigenvalue weighted by atomic mass is 10.1. The predicted molar refractivity (Wildman–Crippen MR) is 114 cm³/mol. The molecule has 144 valence electrons. The Hall–Kier alpha value is -2.73. The molecule has 5 nitrogen and oxygen atoms in total. The maximum atomic E-state index is 12.5. The maximum Gasteiger partial charge on any atom is 0.223 e. The molecule has 0 bridgehead atoms. The van der Waals surface area contributed by atoms with Crippen LogP contribution < -0.4 is 4.90 Å². The lowest BCUT2D eigenvalue weighted by molar-refractivity contribution is -0.131. The Kier molecular flexibility index (Phi) is 5.67. The average Bonchev–Trinajstić information content (AvgIpc) is 3.24. The van der Waals surface area contributed by atoms with E-state index in [1.165, 1.54) is 22.7 Å². The highest BCUT2D eigenvalue weighted by Crippen LogP contribution is 2.25. The van der Waals surface area contributed by atoms with Crippen molar-refractivity contribution in [2.75, 3.05) is 31.1 Å². The summed E-state index contributed by atoms with van der Waals surface area (Å²) in [7, 11) is 0. The van der Waals surface area contributed by atoms with Crippen molar-refractivity contribution in [1.29, 1.82) is 0 Å². The van der Waals surface area contributed by atoms with Gasteiger partial charge in [-0.05, 0) is 18.9 Å². The summed E-state index contributed by atoms with van der Waals surface area (Å²) in [6.07, 6.45) is 1.37. The quantitative estimate of drug-likeness (QED) is 0.663. The fourth-order valence-corrected chi connectivity index (χ4v) is 4.10. The number of carbonyl (C=O) groups excluding carboxylic acids is 1. The zero-order chi connectivity index (χ0) is 19.3. The molecule has 1 aliphatic heterocycles. The van der Waals surface area contributed by atoms with Crippen molar-refractivity contribution in [3.63, 3.8) is 0 Å². The Balaban J connectivity index is 1.30. The zero-order valence-electron chi connectivity index (χ0n) is 16.0. The van der Waals surface area contributed by atoms with E-state index in [1.54, 1.807) is 0 Å². The molecule has 1 saturated heterocycles. The lowest BCUT2D eigenvalue weighted by Gasteiger charge is -2.34. The minimum Gasteiger partial charge on any atom is -0.343 e. The van der Waals surface area contributed by atoms with Crippen LogP contribution in [0.25, 0.3) is 11.4 Å². The summed E-state index contributed by atoms with van der Waals surface area (Å²) in [5.41, 5.74) is 3.49. The van der Waals surface area contributed by atoms with Crippen molar-refractivity contribution in [3.05, 3.63) is 65.7 Å². The molecule has 0 unspecified atom stereocenters. The second-order valence-electron chi connectivity index (χ2n) is 7.12. The van der Waals surface area contributed by atoms with Gasteiger partial charge in [-0.15, -0.1) is 0 Å². The van der Waals surface area contributed by atoms with Gasteiger partial charge < -0.3 is 9.80 Å². The number of anilines is 1.